The van der Waals surface area contributed by atoms with Crippen molar-refractivity contribution in [3.63, 3.8) is 0 Å². The zero-order valence-corrected chi connectivity index (χ0v) is 21.3. The van der Waals surface area contributed by atoms with Crippen LogP contribution >= 0.6 is 0 Å². The number of ketones is 1. The lowest BCUT2D eigenvalue weighted by atomic mass is 9.71. The number of esters is 1. The van der Waals surface area contributed by atoms with Crippen LogP contribution in [0.3, 0.4) is 0 Å². The van der Waals surface area contributed by atoms with Gasteiger partial charge in [-0.3, -0.25) is 14.6 Å². The molecule has 1 aliphatic rings. The van der Waals surface area contributed by atoms with E-state index in [-0.39, 0.29) is 23.4 Å². The highest BCUT2D eigenvalue weighted by molar-refractivity contribution is 6.01. The minimum Gasteiger partial charge on any atom is -0.484 e. The van der Waals surface area contributed by atoms with E-state index in [0.717, 1.165) is 18.8 Å². The van der Waals surface area contributed by atoms with Gasteiger partial charge in [-0.05, 0) is 36.5 Å². The number of benzene rings is 1. The van der Waals surface area contributed by atoms with Crippen molar-refractivity contribution in [2.24, 2.45) is 28.7 Å². The molecule has 2 rings (SSSR count). The highest BCUT2D eigenvalue weighted by Gasteiger charge is 2.44. The van der Waals surface area contributed by atoms with Crippen molar-refractivity contribution in [2.75, 3.05) is 20.8 Å². The first-order chi connectivity index (χ1) is 15.1. The molecule has 0 bridgehead atoms. The van der Waals surface area contributed by atoms with Gasteiger partial charge in [0, 0.05) is 24.3 Å². The molecule has 6 heteroatoms. The van der Waals surface area contributed by atoms with Gasteiger partial charge in [-0.1, -0.05) is 60.6 Å². The summed E-state index contributed by atoms with van der Waals surface area (Å²) in [4.78, 5) is 29.9. The van der Waals surface area contributed by atoms with Gasteiger partial charge in [-0.2, -0.15) is 0 Å². The summed E-state index contributed by atoms with van der Waals surface area (Å²) < 4.78 is 23.8. The molecular weight excluding hydrogens is 409 g/mol. The van der Waals surface area contributed by atoms with Gasteiger partial charge in [0.1, 0.15) is 17.5 Å². The fourth-order valence-electron chi connectivity index (χ4n) is 3.56. The van der Waals surface area contributed by atoms with Crippen LogP contribution in [0.5, 0.6) is 0 Å². The first-order valence-corrected chi connectivity index (χ1v) is 11.6. The van der Waals surface area contributed by atoms with Gasteiger partial charge in [-0.25, -0.2) is 4.39 Å². The van der Waals surface area contributed by atoms with Crippen molar-refractivity contribution in [3.8, 4) is 0 Å². The molecule has 1 heterocycles. The van der Waals surface area contributed by atoms with E-state index in [0.29, 0.717) is 18.0 Å². The van der Waals surface area contributed by atoms with Gasteiger partial charge in [0.05, 0.1) is 14.2 Å². The summed E-state index contributed by atoms with van der Waals surface area (Å²) in [6, 6.07) is 5.91. The Labute approximate surface area is 193 Å². The van der Waals surface area contributed by atoms with Gasteiger partial charge >= 0.3 is 5.97 Å². The molecule has 0 N–H and O–H groups in total. The van der Waals surface area contributed by atoms with Crippen LogP contribution in [0, 0.1) is 29.5 Å². The second-order valence-electron chi connectivity index (χ2n) is 8.54. The molecule has 0 aromatic heterocycles. The topological polar surface area (TPSA) is 65.0 Å². The zero-order valence-electron chi connectivity index (χ0n) is 21.3. The van der Waals surface area contributed by atoms with E-state index >= 15 is 0 Å². The summed E-state index contributed by atoms with van der Waals surface area (Å²) in [6.07, 6.45) is 1.56. The number of aliphatic imine (C=N–C) groups is 1. The largest absolute Gasteiger partial charge is 0.484 e. The van der Waals surface area contributed by atoms with Crippen LogP contribution in [0.2, 0.25) is 0 Å². The predicted molar refractivity (Wildman–Crippen MR) is 128 cm³/mol. The molecule has 1 aromatic carbocycles. The maximum Gasteiger partial charge on any atom is 0.316 e. The molecule has 5 nitrogen and oxygen atoms in total. The fraction of sp³-hybridized carbons (Fsp3) is 0.654. The summed E-state index contributed by atoms with van der Waals surface area (Å²) in [5.74, 6) is -1.89. The molecule has 0 saturated heterocycles. The van der Waals surface area contributed by atoms with Crippen molar-refractivity contribution in [1.82, 2.24) is 0 Å². The van der Waals surface area contributed by atoms with Crippen molar-refractivity contribution in [3.05, 3.63) is 35.6 Å². The predicted octanol–water partition coefficient (Wildman–Crippen LogP) is 6.07. The molecule has 182 valence electrons. The van der Waals surface area contributed by atoms with Crippen LogP contribution in [-0.4, -0.2) is 38.4 Å². The number of methoxy groups -OCH3 is 2. The molecule has 1 aliphatic heterocycles. The highest BCUT2D eigenvalue weighted by Crippen LogP contribution is 2.39. The Hall–Kier alpha value is -2.24. The Morgan fingerprint density at radius 3 is 2.00 bits per heavy atom. The molecule has 0 amide bonds. The summed E-state index contributed by atoms with van der Waals surface area (Å²) in [5.41, 5.74) is 0.701. The van der Waals surface area contributed by atoms with E-state index in [4.69, 9.17) is 9.47 Å². The van der Waals surface area contributed by atoms with Gasteiger partial charge in [0.25, 0.3) is 0 Å². The molecule has 0 spiro atoms. The fourth-order valence-corrected chi connectivity index (χ4v) is 3.56. The molecule has 0 aliphatic carbocycles. The third-order valence-corrected chi connectivity index (χ3v) is 4.85. The van der Waals surface area contributed by atoms with Crippen molar-refractivity contribution >= 4 is 17.7 Å². The molecule has 3 unspecified atom stereocenters. The number of nitrogens with zero attached hydrogens (tertiary/aromatic N) is 1. The van der Waals surface area contributed by atoms with E-state index in [1.807, 2.05) is 13.8 Å². The summed E-state index contributed by atoms with van der Waals surface area (Å²) in [5, 5.41) is 0. The minimum absolute atomic E-state index is 0.202. The Morgan fingerprint density at radius 2 is 1.56 bits per heavy atom. The second-order valence-corrected chi connectivity index (χ2v) is 8.54. The van der Waals surface area contributed by atoms with E-state index < -0.39 is 17.8 Å². The third-order valence-electron chi connectivity index (χ3n) is 4.85. The smallest absolute Gasteiger partial charge is 0.316 e. The molecule has 0 saturated carbocycles. The number of hydrogen-bond acceptors (Lipinski definition) is 5. The summed E-state index contributed by atoms with van der Waals surface area (Å²) in [7, 11) is 2.81. The zero-order chi connectivity index (χ0) is 24.8. The van der Waals surface area contributed by atoms with Gasteiger partial charge in [0.2, 0.25) is 0 Å². The van der Waals surface area contributed by atoms with E-state index in [1.54, 1.807) is 26.0 Å². The lowest BCUT2D eigenvalue weighted by Gasteiger charge is -2.34. The second kappa shape index (κ2) is 15.5. The molecule has 3 atom stereocenters. The first-order valence-electron chi connectivity index (χ1n) is 11.6. The normalized spacial score (nSPS) is 17.1. The van der Waals surface area contributed by atoms with Gasteiger partial charge < -0.3 is 9.47 Å². The number of halogens is 1. The van der Waals surface area contributed by atoms with Gasteiger partial charge in [0.15, 0.2) is 5.90 Å². The Kier molecular flexibility index (Phi) is 14.5. The number of hydrogen-bond donors (Lipinski definition) is 0. The number of carbonyl (C=O) groups excluding carboxylic acids is 2. The molecule has 32 heavy (non-hydrogen) atoms. The van der Waals surface area contributed by atoms with Crippen molar-refractivity contribution < 1.29 is 23.5 Å². The average molecular weight is 452 g/mol. The maximum atomic E-state index is 13.4. The Balaban J connectivity index is 0.00000144. The number of carbonyl (C=O) groups is 2. The van der Waals surface area contributed by atoms with E-state index in [1.165, 1.54) is 26.4 Å². The van der Waals surface area contributed by atoms with E-state index in [2.05, 4.69) is 25.8 Å². The first kappa shape index (κ1) is 29.8. The van der Waals surface area contributed by atoms with Crippen LogP contribution in [0.4, 0.5) is 4.39 Å². The number of rotatable bonds is 6. The molecule has 0 radical (unpaired) electrons. The molecule has 0 fully saturated rings. The molecular formula is C26H42FNO4. The number of ether oxygens (including phenoxy) is 2. The van der Waals surface area contributed by atoms with Crippen molar-refractivity contribution in [2.45, 2.75) is 67.2 Å². The van der Waals surface area contributed by atoms with Crippen LogP contribution in [-0.2, 0) is 19.1 Å². The highest BCUT2D eigenvalue weighted by atomic mass is 19.1. The average Bonchev–Trinajstić information content (AvgIpc) is 2.78. The van der Waals surface area contributed by atoms with E-state index in [9.17, 15) is 14.0 Å². The lowest BCUT2D eigenvalue weighted by Crippen LogP contribution is -2.40. The Bertz CT molecular complexity index is 710. The van der Waals surface area contributed by atoms with Crippen molar-refractivity contribution in [1.29, 1.82) is 0 Å². The number of Topliss-reactive ketones (excluding diaryl/α,β-unsaturated/α-hetero) is 1. The van der Waals surface area contributed by atoms with Crippen LogP contribution < -0.4 is 0 Å². The maximum absolute atomic E-state index is 13.4. The lowest BCUT2D eigenvalue weighted by molar-refractivity contribution is -0.151. The SMILES string of the molecule is CC.CC(C)C.COC(=O)C(C(=O)C(C)C)C(c1ccc(F)cc1)C1CCCN=C1OC. The van der Waals surface area contributed by atoms with Crippen LogP contribution in [0.25, 0.3) is 0 Å². The summed E-state index contributed by atoms with van der Waals surface area (Å²) in [6.45, 7) is 14.7. The quantitative estimate of drug-likeness (QED) is 0.389. The minimum atomic E-state index is -0.992. The monoisotopic (exact) mass is 451 g/mol. The molecule has 1 aromatic rings. The Morgan fingerprint density at radius 1 is 1.03 bits per heavy atom. The van der Waals surface area contributed by atoms with Crippen LogP contribution in [0.1, 0.15) is 72.8 Å². The third kappa shape index (κ3) is 9.09. The summed E-state index contributed by atoms with van der Waals surface area (Å²) >= 11 is 0. The van der Waals surface area contributed by atoms with Crippen LogP contribution in [0.15, 0.2) is 29.3 Å². The van der Waals surface area contributed by atoms with Gasteiger partial charge in [-0.15, -0.1) is 0 Å². The standard InChI is InChI=1S/C20H26FNO4.C4H10.C2H6/c1-12(2)18(23)17(20(24)26-4)16(13-7-9-14(21)10-8-13)15-6-5-11-22-19(15)25-3;1-4(2)3;1-2/h7-10,12,15-17H,5-6,11H2,1-4H3;4H,1-3H3;1-2H3.